The van der Waals surface area contributed by atoms with Gasteiger partial charge in [-0.05, 0) is 13.3 Å². The van der Waals surface area contributed by atoms with Gasteiger partial charge in [0.05, 0.1) is 3.55 Å². The minimum atomic E-state index is 0.0811. The molecule has 3 N–H and O–H groups in total. The van der Waals surface area contributed by atoms with E-state index in [1.54, 1.807) is 0 Å². The van der Waals surface area contributed by atoms with Crippen LogP contribution in [-0.4, -0.2) is 3.55 Å². The summed E-state index contributed by atoms with van der Waals surface area (Å²) >= 11 is 2.27. The van der Waals surface area contributed by atoms with Crippen LogP contribution in [0.2, 0.25) is 0 Å². The number of alkyl halides is 1. The van der Waals surface area contributed by atoms with Crippen LogP contribution in [0, 0.1) is 0 Å². The van der Waals surface area contributed by atoms with Crippen molar-refractivity contribution in [3.63, 3.8) is 0 Å². The molecule has 0 aromatic heterocycles. The van der Waals surface area contributed by atoms with E-state index in [4.69, 9.17) is 5.84 Å². The Hall–Kier alpha value is 0.650. The molecule has 0 amide bonds. The molecule has 3 heteroatoms. The van der Waals surface area contributed by atoms with Gasteiger partial charge in [0, 0.05) is 0 Å². The maximum atomic E-state index is 5.16. The van der Waals surface area contributed by atoms with E-state index in [2.05, 4.69) is 34.9 Å². The number of rotatable bonds is 2. The van der Waals surface area contributed by atoms with Crippen LogP contribution in [0.3, 0.4) is 0 Å². The molecule has 2 nitrogen and oxygen atoms in total. The van der Waals surface area contributed by atoms with Crippen LogP contribution < -0.4 is 11.3 Å². The van der Waals surface area contributed by atoms with Crippen molar-refractivity contribution in [1.82, 2.24) is 5.43 Å². The summed E-state index contributed by atoms with van der Waals surface area (Å²) < 4.78 is 0.0811. The van der Waals surface area contributed by atoms with Gasteiger partial charge in [0.15, 0.2) is 0 Å². The average molecular weight is 214 g/mol. The number of nitrogens with two attached hydrogens (primary N) is 1. The molecular weight excluding hydrogens is 203 g/mol. The first-order chi connectivity index (χ1) is 3.12. The lowest BCUT2D eigenvalue weighted by atomic mass is 10.3. The molecule has 0 aliphatic heterocycles. The van der Waals surface area contributed by atoms with Crippen molar-refractivity contribution < 1.29 is 0 Å². The Morgan fingerprint density at radius 1 is 1.86 bits per heavy atom. The second-order valence-corrected chi connectivity index (χ2v) is 4.08. The van der Waals surface area contributed by atoms with Gasteiger partial charge >= 0.3 is 0 Å². The molecule has 0 aromatic carbocycles. The lowest BCUT2D eigenvalue weighted by Crippen LogP contribution is -2.40. The fourth-order valence-electron chi connectivity index (χ4n) is 0.102. The van der Waals surface area contributed by atoms with Crippen molar-refractivity contribution in [3.8, 4) is 0 Å². The Balaban J connectivity index is 3.36. The van der Waals surface area contributed by atoms with Gasteiger partial charge in [-0.25, -0.2) is 5.43 Å². The van der Waals surface area contributed by atoms with Crippen molar-refractivity contribution in [1.29, 1.82) is 0 Å². The van der Waals surface area contributed by atoms with E-state index in [1.807, 2.05) is 6.92 Å². The molecule has 0 aromatic rings. The fraction of sp³-hybridized carbons (Fsp3) is 1.00. The highest BCUT2D eigenvalue weighted by molar-refractivity contribution is 14.1. The van der Waals surface area contributed by atoms with Crippen LogP contribution in [0.15, 0.2) is 0 Å². The molecule has 0 saturated heterocycles. The smallest absolute Gasteiger partial charge is 0.0801 e. The summed E-state index contributed by atoms with van der Waals surface area (Å²) in [5.74, 6) is 5.16. The summed E-state index contributed by atoms with van der Waals surface area (Å²) in [5.41, 5.74) is 2.68. The van der Waals surface area contributed by atoms with E-state index in [-0.39, 0.29) is 3.55 Å². The van der Waals surface area contributed by atoms with E-state index in [0.717, 1.165) is 6.42 Å². The number of hydrogen-bond donors (Lipinski definition) is 2. The molecule has 0 heterocycles. The molecule has 0 radical (unpaired) electrons. The molecule has 0 spiro atoms. The lowest BCUT2D eigenvalue weighted by molar-refractivity contribution is 0.531. The zero-order chi connectivity index (χ0) is 5.91. The zero-order valence-corrected chi connectivity index (χ0v) is 6.82. The van der Waals surface area contributed by atoms with Gasteiger partial charge in [-0.3, -0.25) is 5.84 Å². The molecular formula is C4H11IN2. The summed E-state index contributed by atoms with van der Waals surface area (Å²) in [6, 6.07) is 0. The van der Waals surface area contributed by atoms with Crippen LogP contribution >= 0.6 is 22.6 Å². The quantitative estimate of drug-likeness (QED) is 0.237. The standard InChI is InChI=1S/C4H11IN2/c1-3-4(2,5)7-6/h7H,3,6H2,1-2H3. The van der Waals surface area contributed by atoms with Gasteiger partial charge in [-0.2, -0.15) is 0 Å². The Labute approximate surface area is 58.0 Å². The third kappa shape index (κ3) is 3.25. The van der Waals surface area contributed by atoms with Crippen molar-refractivity contribution in [2.45, 2.75) is 23.8 Å². The Morgan fingerprint density at radius 2 is 2.29 bits per heavy atom. The van der Waals surface area contributed by atoms with Gasteiger partial charge in [0.2, 0.25) is 0 Å². The van der Waals surface area contributed by atoms with Gasteiger partial charge in [-0.1, -0.05) is 29.5 Å². The first-order valence-corrected chi connectivity index (χ1v) is 3.37. The monoisotopic (exact) mass is 214 g/mol. The van der Waals surface area contributed by atoms with Crippen LogP contribution in [0.25, 0.3) is 0 Å². The molecule has 0 aliphatic rings. The van der Waals surface area contributed by atoms with Crippen LogP contribution in [0.5, 0.6) is 0 Å². The van der Waals surface area contributed by atoms with Crippen LogP contribution in [0.1, 0.15) is 20.3 Å². The zero-order valence-electron chi connectivity index (χ0n) is 4.66. The van der Waals surface area contributed by atoms with E-state index in [9.17, 15) is 0 Å². The van der Waals surface area contributed by atoms with Crippen molar-refractivity contribution >= 4 is 22.6 Å². The molecule has 0 saturated carbocycles. The highest BCUT2D eigenvalue weighted by atomic mass is 127. The van der Waals surface area contributed by atoms with E-state index < -0.39 is 0 Å². The first-order valence-electron chi connectivity index (χ1n) is 2.29. The van der Waals surface area contributed by atoms with Crippen LogP contribution in [0.4, 0.5) is 0 Å². The summed E-state index contributed by atoms with van der Waals surface area (Å²) in [6.45, 7) is 4.14. The average Bonchev–Trinajstić information content (AvgIpc) is 1.68. The molecule has 0 bridgehead atoms. The molecule has 1 atom stereocenters. The normalized spacial score (nSPS) is 18.9. The Kier molecular flexibility index (Phi) is 3.10. The summed E-state index contributed by atoms with van der Waals surface area (Å²) in [4.78, 5) is 0. The minimum Gasteiger partial charge on any atom is -0.270 e. The third-order valence-electron chi connectivity index (χ3n) is 0.965. The van der Waals surface area contributed by atoms with Gasteiger partial charge in [0.1, 0.15) is 0 Å². The SMILES string of the molecule is CCC(C)(I)NN. The van der Waals surface area contributed by atoms with Crippen molar-refractivity contribution in [3.05, 3.63) is 0 Å². The van der Waals surface area contributed by atoms with Crippen molar-refractivity contribution in [2.24, 2.45) is 5.84 Å². The molecule has 44 valence electrons. The Bertz CT molecular complexity index is 47.7. The van der Waals surface area contributed by atoms with Gasteiger partial charge in [0.25, 0.3) is 0 Å². The van der Waals surface area contributed by atoms with E-state index >= 15 is 0 Å². The first kappa shape index (κ1) is 7.65. The highest BCUT2D eigenvalue weighted by Crippen LogP contribution is 2.15. The Morgan fingerprint density at radius 3 is 2.29 bits per heavy atom. The van der Waals surface area contributed by atoms with Gasteiger partial charge < -0.3 is 0 Å². The topological polar surface area (TPSA) is 38.0 Å². The largest absolute Gasteiger partial charge is 0.270 e. The fourth-order valence-corrected chi connectivity index (χ4v) is 0.102. The predicted octanol–water partition coefficient (Wildman–Crippen LogP) is 1.01. The number of hydrazine groups is 1. The molecule has 1 unspecified atom stereocenters. The maximum Gasteiger partial charge on any atom is 0.0801 e. The number of hydrogen-bond acceptors (Lipinski definition) is 2. The van der Waals surface area contributed by atoms with Crippen molar-refractivity contribution in [2.75, 3.05) is 0 Å². The summed E-state index contributed by atoms with van der Waals surface area (Å²) in [7, 11) is 0. The molecule has 7 heavy (non-hydrogen) atoms. The van der Waals surface area contributed by atoms with E-state index in [1.165, 1.54) is 0 Å². The summed E-state index contributed by atoms with van der Waals surface area (Å²) in [5, 5.41) is 0. The van der Waals surface area contributed by atoms with Gasteiger partial charge in [-0.15, -0.1) is 0 Å². The number of nitrogens with one attached hydrogen (secondary N) is 1. The van der Waals surface area contributed by atoms with E-state index in [0.29, 0.717) is 0 Å². The highest BCUT2D eigenvalue weighted by Gasteiger charge is 2.12. The second-order valence-electron chi connectivity index (χ2n) is 1.70. The van der Waals surface area contributed by atoms with Crippen LogP contribution in [-0.2, 0) is 0 Å². The second kappa shape index (κ2) is 2.84. The molecule has 0 aliphatic carbocycles. The predicted molar refractivity (Wildman–Crippen MR) is 40.0 cm³/mol. The summed E-state index contributed by atoms with van der Waals surface area (Å²) in [6.07, 6.45) is 1.05. The molecule has 0 fully saturated rings. The third-order valence-corrected chi connectivity index (χ3v) is 2.04. The maximum absolute atomic E-state index is 5.16. The molecule has 0 rings (SSSR count). The minimum absolute atomic E-state index is 0.0811. The lowest BCUT2D eigenvalue weighted by Gasteiger charge is -2.17. The number of halogens is 1.